The summed E-state index contributed by atoms with van der Waals surface area (Å²) in [4.78, 5) is 11.9. The Labute approximate surface area is 103 Å². The summed E-state index contributed by atoms with van der Waals surface area (Å²) < 4.78 is 5.48. The van der Waals surface area contributed by atoms with E-state index in [9.17, 15) is 4.79 Å². The highest BCUT2D eigenvalue weighted by Crippen LogP contribution is 2.25. The van der Waals surface area contributed by atoms with Crippen LogP contribution < -0.4 is 11.1 Å². The fraction of sp³-hybridized carbons (Fsp3) is 0.455. The van der Waals surface area contributed by atoms with Crippen LogP contribution >= 0.6 is 11.3 Å². The lowest BCUT2D eigenvalue weighted by molar-refractivity contribution is -0.126. The lowest BCUT2D eigenvalue weighted by atomic mass is 10.2. The Kier molecular flexibility index (Phi) is 3.74. The van der Waals surface area contributed by atoms with E-state index in [1.807, 2.05) is 6.07 Å². The van der Waals surface area contributed by atoms with Crippen LogP contribution in [-0.2, 0) is 9.53 Å². The van der Waals surface area contributed by atoms with Crippen LogP contribution in [0.15, 0.2) is 11.4 Å². The van der Waals surface area contributed by atoms with Crippen molar-refractivity contribution in [3.05, 3.63) is 17.0 Å². The van der Waals surface area contributed by atoms with Gasteiger partial charge in [0.1, 0.15) is 17.2 Å². The van der Waals surface area contributed by atoms with Gasteiger partial charge in [-0.25, -0.2) is 0 Å². The summed E-state index contributed by atoms with van der Waals surface area (Å²) in [5, 5.41) is 13.9. The molecule has 5 nitrogen and oxygen atoms in total. The van der Waals surface area contributed by atoms with Crippen molar-refractivity contribution < 1.29 is 9.53 Å². The van der Waals surface area contributed by atoms with Gasteiger partial charge >= 0.3 is 0 Å². The molecule has 0 spiro atoms. The first-order valence-corrected chi connectivity index (χ1v) is 6.26. The van der Waals surface area contributed by atoms with E-state index in [4.69, 9.17) is 15.7 Å². The lowest BCUT2D eigenvalue weighted by Gasteiger charge is -2.11. The predicted molar refractivity (Wildman–Crippen MR) is 64.6 cm³/mol. The third-order valence-electron chi connectivity index (χ3n) is 2.69. The second-order valence-electron chi connectivity index (χ2n) is 3.82. The van der Waals surface area contributed by atoms with Gasteiger partial charge < -0.3 is 15.8 Å². The summed E-state index contributed by atoms with van der Waals surface area (Å²) in [7, 11) is 0. The Morgan fingerprint density at radius 2 is 2.53 bits per heavy atom. The minimum Gasteiger partial charge on any atom is -0.364 e. The van der Waals surface area contributed by atoms with Crippen LogP contribution in [0.3, 0.4) is 0 Å². The van der Waals surface area contributed by atoms with E-state index in [0.29, 0.717) is 23.5 Å². The van der Waals surface area contributed by atoms with E-state index in [1.54, 1.807) is 11.4 Å². The van der Waals surface area contributed by atoms with Crippen LogP contribution in [0.2, 0.25) is 0 Å². The lowest BCUT2D eigenvalue weighted by Crippen LogP contribution is -2.29. The summed E-state index contributed by atoms with van der Waals surface area (Å²) in [5.41, 5.74) is 5.96. The largest absolute Gasteiger partial charge is 0.364 e. The molecule has 2 unspecified atom stereocenters. The monoisotopic (exact) mass is 251 g/mol. The average molecular weight is 251 g/mol. The molecule has 0 aliphatic carbocycles. The van der Waals surface area contributed by atoms with Gasteiger partial charge in [0.05, 0.1) is 11.7 Å². The number of carbonyl (C=O) groups excluding carboxylic acids is 1. The van der Waals surface area contributed by atoms with Gasteiger partial charge in [0.2, 0.25) is 0 Å². The van der Waals surface area contributed by atoms with Crippen LogP contribution in [0.1, 0.15) is 18.4 Å². The van der Waals surface area contributed by atoms with Gasteiger partial charge in [-0.3, -0.25) is 4.79 Å². The van der Waals surface area contributed by atoms with Gasteiger partial charge in [-0.2, -0.15) is 5.26 Å². The Morgan fingerprint density at radius 1 is 1.71 bits per heavy atom. The van der Waals surface area contributed by atoms with Gasteiger partial charge in [-0.05, 0) is 24.3 Å². The molecule has 1 fully saturated rings. The average Bonchev–Trinajstić information content (AvgIpc) is 2.96. The minimum atomic E-state index is -0.447. The molecule has 0 bridgehead atoms. The molecule has 2 rings (SSSR count). The molecule has 6 heteroatoms. The standard InChI is InChI=1S/C11H13N3O2S/c12-5-7-3-4-17-11(7)14-10(15)9-2-1-8(6-13)16-9/h3-4,8-9H,1-2,6,13H2,(H,14,15). The number of thiophene rings is 1. The zero-order valence-corrected chi connectivity index (χ0v) is 10.00. The molecule has 1 aromatic rings. The van der Waals surface area contributed by atoms with Crippen LogP contribution in [-0.4, -0.2) is 24.7 Å². The summed E-state index contributed by atoms with van der Waals surface area (Å²) in [6.45, 7) is 0.437. The summed E-state index contributed by atoms with van der Waals surface area (Å²) in [6.07, 6.45) is 1.02. The van der Waals surface area contributed by atoms with E-state index in [2.05, 4.69) is 5.32 Å². The van der Waals surface area contributed by atoms with Crippen molar-refractivity contribution in [1.82, 2.24) is 0 Å². The molecule has 90 valence electrons. The SMILES string of the molecule is N#Cc1ccsc1NC(=O)C1CCC(CN)O1. The number of anilines is 1. The number of nitrogens with one attached hydrogen (secondary N) is 1. The van der Waals surface area contributed by atoms with E-state index >= 15 is 0 Å². The Bertz CT molecular complexity index is 452. The number of ether oxygens (including phenoxy) is 1. The predicted octanol–water partition coefficient (Wildman–Crippen LogP) is 1.06. The van der Waals surface area contributed by atoms with E-state index in [-0.39, 0.29) is 12.0 Å². The molecule has 2 heterocycles. The molecule has 1 saturated heterocycles. The first-order valence-electron chi connectivity index (χ1n) is 5.38. The highest BCUT2D eigenvalue weighted by atomic mass is 32.1. The van der Waals surface area contributed by atoms with E-state index in [0.717, 1.165) is 6.42 Å². The maximum atomic E-state index is 11.9. The molecule has 17 heavy (non-hydrogen) atoms. The number of hydrogen-bond donors (Lipinski definition) is 2. The number of nitrogens with two attached hydrogens (primary N) is 1. The zero-order chi connectivity index (χ0) is 12.3. The zero-order valence-electron chi connectivity index (χ0n) is 9.18. The first-order chi connectivity index (χ1) is 8.24. The molecule has 1 aliphatic heterocycles. The van der Waals surface area contributed by atoms with Crippen molar-refractivity contribution in [3.63, 3.8) is 0 Å². The van der Waals surface area contributed by atoms with Crippen LogP contribution in [0.25, 0.3) is 0 Å². The van der Waals surface area contributed by atoms with Gasteiger partial charge in [0.15, 0.2) is 0 Å². The van der Waals surface area contributed by atoms with Crippen LogP contribution in [0, 0.1) is 11.3 Å². The molecule has 0 saturated carbocycles. The summed E-state index contributed by atoms with van der Waals surface area (Å²) in [5.74, 6) is -0.195. The topological polar surface area (TPSA) is 88.1 Å². The third-order valence-corrected chi connectivity index (χ3v) is 3.52. The van der Waals surface area contributed by atoms with Gasteiger partial charge in [0, 0.05) is 6.54 Å². The number of nitrogens with zero attached hydrogens (tertiary/aromatic N) is 1. The first kappa shape index (κ1) is 12.0. The molecular weight excluding hydrogens is 238 g/mol. The molecule has 3 N–H and O–H groups in total. The molecule has 0 aromatic carbocycles. The highest BCUT2D eigenvalue weighted by molar-refractivity contribution is 7.14. The number of nitriles is 1. The molecule has 2 atom stereocenters. The van der Waals surface area contributed by atoms with Gasteiger partial charge in [0.25, 0.3) is 5.91 Å². The van der Waals surface area contributed by atoms with Crippen molar-refractivity contribution in [1.29, 1.82) is 5.26 Å². The van der Waals surface area contributed by atoms with Crippen molar-refractivity contribution >= 4 is 22.2 Å². The smallest absolute Gasteiger partial charge is 0.254 e. The van der Waals surface area contributed by atoms with Gasteiger partial charge in [-0.15, -0.1) is 11.3 Å². The molecule has 0 radical (unpaired) electrons. The Morgan fingerprint density at radius 3 is 3.18 bits per heavy atom. The quantitative estimate of drug-likeness (QED) is 0.841. The van der Waals surface area contributed by atoms with Crippen molar-refractivity contribution in [2.24, 2.45) is 5.73 Å². The Hall–Kier alpha value is -1.42. The van der Waals surface area contributed by atoms with Gasteiger partial charge in [-0.1, -0.05) is 0 Å². The molecule has 1 amide bonds. The summed E-state index contributed by atoms with van der Waals surface area (Å²) >= 11 is 1.33. The van der Waals surface area contributed by atoms with Crippen molar-refractivity contribution in [2.75, 3.05) is 11.9 Å². The summed E-state index contributed by atoms with van der Waals surface area (Å²) in [6, 6.07) is 3.71. The normalized spacial score (nSPS) is 23.3. The molecular formula is C11H13N3O2S. The van der Waals surface area contributed by atoms with E-state index in [1.165, 1.54) is 11.3 Å². The number of carbonyl (C=O) groups is 1. The number of amides is 1. The van der Waals surface area contributed by atoms with Crippen molar-refractivity contribution in [3.8, 4) is 6.07 Å². The van der Waals surface area contributed by atoms with Crippen LogP contribution in [0.5, 0.6) is 0 Å². The maximum Gasteiger partial charge on any atom is 0.254 e. The molecule has 1 aromatic heterocycles. The highest BCUT2D eigenvalue weighted by Gasteiger charge is 2.30. The van der Waals surface area contributed by atoms with Crippen LogP contribution in [0.4, 0.5) is 5.00 Å². The maximum absolute atomic E-state index is 11.9. The number of hydrogen-bond acceptors (Lipinski definition) is 5. The third kappa shape index (κ3) is 2.64. The fourth-order valence-corrected chi connectivity index (χ4v) is 2.50. The number of rotatable bonds is 3. The second kappa shape index (κ2) is 5.27. The minimum absolute atomic E-state index is 0.0236. The molecule has 1 aliphatic rings. The van der Waals surface area contributed by atoms with E-state index < -0.39 is 6.10 Å². The Balaban J connectivity index is 1.96. The second-order valence-corrected chi connectivity index (χ2v) is 4.74. The van der Waals surface area contributed by atoms with Crippen molar-refractivity contribution in [2.45, 2.75) is 25.0 Å². The fourth-order valence-electron chi connectivity index (χ4n) is 1.76.